The average molecular weight is 226 g/mol. The smallest absolute Gasteiger partial charge is 0.345 e. The fourth-order valence-electron chi connectivity index (χ4n) is 0.956. The number of alkyl halides is 3. The minimum absolute atomic E-state index is 0.00540. The molecule has 0 saturated carbocycles. The van der Waals surface area contributed by atoms with Crippen molar-refractivity contribution in [3.05, 3.63) is 0 Å². The van der Waals surface area contributed by atoms with Crippen molar-refractivity contribution in [3.63, 3.8) is 0 Å². The van der Waals surface area contributed by atoms with Crippen LogP contribution >= 0.6 is 0 Å². The molecule has 0 rings (SSSR count). The first-order valence-corrected chi connectivity index (χ1v) is 4.77. The van der Waals surface area contributed by atoms with Crippen molar-refractivity contribution < 1.29 is 18.0 Å². The van der Waals surface area contributed by atoms with Crippen LogP contribution in [0.3, 0.4) is 0 Å². The molecular weight excluding hydrogens is 209 g/mol. The van der Waals surface area contributed by atoms with Crippen LogP contribution in [0.1, 0.15) is 19.8 Å². The number of nitrogens with zero attached hydrogens (tertiary/aromatic N) is 1. The molecule has 0 aliphatic rings. The standard InChI is InChI=1S/C9H17F3N2O/c1-7(6-13)5-8(15)14(2)4-3-9(10,11)12/h7H,3-6,13H2,1-2H3. The lowest BCUT2D eigenvalue weighted by molar-refractivity contribution is -0.144. The summed E-state index contributed by atoms with van der Waals surface area (Å²) in [5.74, 6) is -0.289. The highest BCUT2D eigenvalue weighted by Gasteiger charge is 2.28. The van der Waals surface area contributed by atoms with Gasteiger partial charge in [0.15, 0.2) is 0 Å². The van der Waals surface area contributed by atoms with Gasteiger partial charge in [-0.05, 0) is 12.5 Å². The Hall–Kier alpha value is -0.780. The maximum Gasteiger partial charge on any atom is 0.390 e. The number of carbonyl (C=O) groups is 1. The van der Waals surface area contributed by atoms with E-state index in [9.17, 15) is 18.0 Å². The van der Waals surface area contributed by atoms with Crippen LogP contribution in [-0.2, 0) is 4.79 Å². The van der Waals surface area contributed by atoms with E-state index in [4.69, 9.17) is 5.73 Å². The van der Waals surface area contributed by atoms with E-state index >= 15 is 0 Å². The molecule has 0 aliphatic heterocycles. The number of carbonyl (C=O) groups excluding carboxylic acids is 1. The van der Waals surface area contributed by atoms with Crippen molar-refractivity contribution in [2.75, 3.05) is 20.1 Å². The monoisotopic (exact) mass is 226 g/mol. The van der Waals surface area contributed by atoms with Crippen LogP contribution in [0.5, 0.6) is 0 Å². The van der Waals surface area contributed by atoms with Crippen LogP contribution in [0.25, 0.3) is 0 Å². The molecule has 0 aromatic carbocycles. The Morgan fingerprint density at radius 3 is 2.40 bits per heavy atom. The highest BCUT2D eigenvalue weighted by molar-refractivity contribution is 5.76. The predicted molar refractivity (Wildman–Crippen MR) is 51.1 cm³/mol. The third-order valence-electron chi connectivity index (χ3n) is 2.08. The van der Waals surface area contributed by atoms with Crippen LogP contribution in [0.4, 0.5) is 13.2 Å². The second-order valence-electron chi connectivity index (χ2n) is 3.73. The molecule has 0 spiro atoms. The molecule has 6 heteroatoms. The van der Waals surface area contributed by atoms with Crippen LogP contribution in [0, 0.1) is 5.92 Å². The Kier molecular flexibility index (Phi) is 5.64. The number of amides is 1. The van der Waals surface area contributed by atoms with Gasteiger partial charge in [0.05, 0.1) is 6.42 Å². The van der Waals surface area contributed by atoms with Crippen LogP contribution in [-0.4, -0.2) is 37.1 Å². The number of hydrogen-bond donors (Lipinski definition) is 1. The topological polar surface area (TPSA) is 46.3 Å². The molecule has 0 aliphatic carbocycles. The minimum atomic E-state index is -4.21. The Morgan fingerprint density at radius 2 is 2.00 bits per heavy atom. The molecule has 0 aromatic heterocycles. The molecule has 0 heterocycles. The summed E-state index contributed by atoms with van der Waals surface area (Å²) >= 11 is 0. The van der Waals surface area contributed by atoms with E-state index < -0.39 is 12.6 Å². The van der Waals surface area contributed by atoms with E-state index in [1.807, 2.05) is 0 Å². The molecule has 0 bridgehead atoms. The number of nitrogens with two attached hydrogens (primary N) is 1. The van der Waals surface area contributed by atoms with E-state index in [0.717, 1.165) is 4.90 Å². The third kappa shape index (κ3) is 7.18. The zero-order valence-corrected chi connectivity index (χ0v) is 8.97. The third-order valence-corrected chi connectivity index (χ3v) is 2.08. The van der Waals surface area contributed by atoms with Gasteiger partial charge >= 0.3 is 6.18 Å². The minimum Gasteiger partial charge on any atom is -0.345 e. The molecule has 1 amide bonds. The van der Waals surface area contributed by atoms with Crippen molar-refractivity contribution >= 4 is 5.91 Å². The van der Waals surface area contributed by atoms with Crippen LogP contribution < -0.4 is 5.73 Å². The fraction of sp³-hybridized carbons (Fsp3) is 0.889. The molecule has 1 unspecified atom stereocenters. The summed E-state index contributed by atoms with van der Waals surface area (Å²) in [5.41, 5.74) is 5.31. The predicted octanol–water partition coefficient (Wildman–Crippen LogP) is 1.38. The molecule has 2 N–H and O–H groups in total. The van der Waals surface area contributed by atoms with Gasteiger partial charge in [-0.2, -0.15) is 13.2 Å². The lowest BCUT2D eigenvalue weighted by Crippen LogP contribution is -2.32. The first kappa shape index (κ1) is 14.2. The highest BCUT2D eigenvalue weighted by Crippen LogP contribution is 2.19. The number of rotatable bonds is 5. The quantitative estimate of drug-likeness (QED) is 0.769. The summed E-state index contributed by atoms with van der Waals surface area (Å²) < 4.78 is 35.6. The summed E-state index contributed by atoms with van der Waals surface area (Å²) in [6, 6.07) is 0. The second-order valence-corrected chi connectivity index (χ2v) is 3.73. The lowest BCUT2D eigenvalue weighted by Gasteiger charge is -2.19. The van der Waals surface area contributed by atoms with Crippen LogP contribution in [0.2, 0.25) is 0 Å². The summed E-state index contributed by atoms with van der Waals surface area (Å²) in [6.07, 6.45) is -4.98. The molecule has 1 atom stereocenters. The highest BCUT2D eigenvalue weighted by atomic mass is 19.4. The number of halogens is 3. The second kappa shape index (κ2) is 5.95. The Labute approximate surface area is 87.4 Å². The molecule has 90 valence electrons. The Morgan fingerprint density at radius 1 is 1.47 bits per heavy atom. The van der Waals surface area contributed by atoms with Gasteiger partial charge in [-0.15, -0.1) is 0 Å². The number of hydrogen-bond acceptors (Lipinski definition) is 2. The van der Waals surface area contributed by atoms with Gasteiger partial charge in [-0.25, -0.2) is 0 Å². The Bertz CT molecular complexity index is 206. The summed E-state index contributed by atoms with van der Waals surface area (Å²) in [4.78, 5) is 12.4. The van der Waals surface area contributed by atoms with Gasteiger partial charge in [0, 0.05) is 20.0 Å². The first-order valence-electron chi connectivity index (χ1n) is 4.77. The molecule has 0 aromatic rings. The van der Waals surface area contributed by atoms with Gasteiger partial charge in [0.25, 0.3) is 0 Å². The average Bonchev–Trinajstić information content (AvgIpc) is 2.12. The summed E-state index contributed by atoms with van der Waals surface area (Å²) in [7, 11) is 1.37. The molecule has 0 saturated heterocycles. The molecule has 0 fully saturated rings. The molecular formula is C9H17F3N2O. The van der Waals surface area contributed by atoms with E-state index in [-0.39, 0.29) is 24.8 Å². The fourth-order valence-corrected chi connectivity index (χ4v) is 0.956. The van der Waals surface area contributed by atoms with Crippen LogP contribution in [0.15, 0.2) is 0 Å². The maximum atomic E-state index is 11.9. The summed E-state index contributed by atoms with van der Waals surface area (Å²) in [6.45, 7) is 1.86. The van der Waals surface area contributed by atoms with Crippen molar-refractivity contribution in [2.24, 2.45) is 11.7 Å². The lowest BCUT2D eigenvalue weighted by atomic mass is 10.1. The van der Waals surface area contributed by atoms with Gasteiger partial charge < -0.3 is 10.6 Å². The summed E-state index contributed by atoms with van der Waals surface area (Å²) in [5, 5.41) is 0. The van der Waals surface area contributed by atoms with E-state index in [2.05, 4.69) is 0 Å². The van der Waals surface area contributed by atoms with Crippen molar-refractivity contribution in [1.29, 1.82) is 0 Å². The first-order chi connectivity index (χ1) is 6.76. The van der Waals surface area contributed by atoms with Crippen molar-refractivity contribution in [1.82, 2.24) is 4.90 Å². The SMILES string of the molecule is CC(CN)CC(=O)N(C)CCC(F)(F)F. The van der Waals surface area contributed by atoms with Crippen molar-refractivity contribution in [2.45, 2.75) is 25.9 Å². The van der Waals surface area contributed by atoms with Gasteiger partial charge in [0.1, 0.15) is 0 Å². The largest absolute Gasteiger partial charge is 0.390 e. The maximum absolute atomic E-state index is 11.9. The normalized spacial score (nSPS) is 13.7. The van der Waals surface area contributed by atoms with Gasteiger partial charge in [-0.3, -0.25) is 4.79 Å². The zero-order valence-electron chi connectivity index (χ0n) is 8.97. The molecule has 0 radical (unpaired) electrons. The van der Waals surface area contributed by atoms with Crippen molar-refractivity contribution in [3.8, 4) is 0 Å². The van der Waals surface area contributed by atoms with E-state index in [1.165, 1.54) is 7.05 Å². The van der Waals surface area contributed by atoms with Gasteiger partial charge in [0.2, 0.25) is 5.91 Å². The molecule has 15 heavy (non-hydrogen) atoms. The van der Waals surface area contributed by atoms with E-state index in [1.54, 1.807) is 6.92 Å². The molecule has 3 nitrogen and oxygen atoms in total. The van der Waals surface area contributed by atoms with Gasteiger partial charge in [-0.1, -0.05) is 6.92 Å². The zero-order chi connectivity index (χ0) is 12.1. The van der Waals surface area contributed by atoms with E-state index in [0.29, 0.717) is 6.54 Å². The Balaban J connectivity index is 3.89.